The maximum atomic E-state index is 13.2. The molecule has 5 heteroatoms. The van der Waals surface area contributed by atoms with Crippen LogP contribution < -0.4 is 5.73 Å². The van der Waals surface area contributed by atoms with E-state index in [1.807, 2.05) is 4.90 Å². The standard InChI is InChI=1S/C20H27N3OS/c1-12-7-6-8-13(2)23(12)20(24)18-17(21)15-11-14-9-4-3-5-10-16(14)22-19(15)25-18/h11-13H,3-10,21H2,1-2H3/t12-,13-/m1/s1. The van der Waals surface area contributed by atoms with Crippen LogP contribution in [0.5, 0.6) is 0 Å². The summed E-state index contributed by atoms with van der Waals surface area (Å²) in [6, 6.07) is 2.77. The van der Waals surface area contributed by atoms with Gasteiger partial charge in [0, 0.05) is 23.2 Å². The van der Waals surface area contributed by atoms with Crippen LogP contribution in [0.25, 0.3) is 10.2 Å². The van der Waals surface area contributed by atoms with Gasteiger partial charge in [0.05, 0.1) is 5.69 Å². The van der Waals surface area contributed by atoms with Crippen LogP contribution in [-0.4, -0.2) is 27.9 Å². The maximum Gasteiger partial charge on any atom is 0.266 e. The minimum absolute atomic E-state index is 0.0930. The minimum Gasteiger partial charge on any atom is -0.397 e. The summed E-state index contributed by atoms with van der Waals surface area (Å²) in [6.07, 6.45) is 9.18. The Kier molecular flexibility index (Phi) is 4.44. The van der Waals surface area contributed by atoms with Crippen molar-refractivity contribution in [3.05, 3.63) is 22.2 Å². The second kappa shape index (κ2) is 6.60. The van der Waals surface area contributed by atoms with Crippen molar-refractivity contribution < 1.29 is 4.79 Å². The van der Waals surface area contributed by atoms with Gasteiger partial charge < -0.3 is 10.6 Å². The Morgan fingerprint density at radius 1 is 1.16 bits per heavy atom. The Morgan fingerprint density at radius 2 is 1.88 bits per heavy atom. The highest BCUT2D eigenvalue weighted by Crippen LogP contribution is 2.37. The summed E-state index contributed by atoms with van der Waals surface area (Å²) in [7, 11) is 0. The third-order valence-corrected chi connectivity index (χ3v) is 6.97. The number of piperidine rings is 1. The summed E-state index contributed by atoms with van der Waals surface area (Å²) in [5.41, 5.74) is 9.61. The number of hydrogen-bond acceptors (Lipinski definition) is 4. The number of aryl methyl sites for hydroxylation is 2. The van der Waals surface area contributed by atoms with E-state index in [4.69, 9.17) is 10.7 Å². The van der Waals surface area contributed by atoms with Crippen LogP contribution in [0.3, 0.4) is 0 Å². The lowest BCUT2D eigenvalue weighted by Gasteiger charge is -2.38. The fraction of sp³-hybridized carbons (Fsp3) is 0.600. The first-order valence-corrected chi connectivity index (χ1v) is 10.4. The number of nitrogens with zero attached hydrogens (tertiary/aromatic N) is 2. The molecule has 0 unspecified atom stereocenters. The Balaban J connectivity index is 1.75. The van der Waals surface area contributed by atoms with E-state index in [1.54, 1.807) is 0 Å². The van der Waals surface area contributed by atoms with Gasteiger partial charge in [-0.25, -0.2) is 4.98 Å². The van der Waals surface area contributed by atoms with Gasteiger partial charge in [-0.3, -0.25) is 4.79 Å². The van der Waals surface area contributed by atoms with E-state index in [1.165, 1.54) is 48.3 Å². The molecule has 134 valence electrons. The number of nitrogen functional groups attached to an aromatic ring is 1. The average Bonchev–Trinajstić information content (AvgIpc) is 2.76. The van der Waals surface area contributed by atoms with Crippen LogP contribution in [0, 0.1) is 0 Å². The number of fused-ring (bicyclic) bond motifs is 2. The molecule has 25 heavy (non-hydrogen) atoms. The Morgan fingerprint density at radius 3 is 2.64 bits per heavy atom. The van der Waals surface area contributed by atoms with Gasteiger partial charge in [0.15, 0.2) is 0 Å². The summed E-state index contributed by atoms with van der Waals surface area (Å²) >= 11 is 1.48. The predicted octanol–water partition coefficient (Wildman–Crippen LogP) is 4.55. The van der Waals surface area contributed by atoms with Crippen LogP contribution in [0.1, 0.15) is 73.3 Å². The molecule has 2 aliphatic rings. The predicted molar refractivity (Wildman–Crippen MR) is 104 cm³/mol. The van der Waals surface area contributed by atoms with Gasteiger partial charge in [0.1, 0.15) is 9.71 Å². The monoisotopic (exact) mass is 357 g/mol. The molecule has 2 aromatic heterocycles. The molecule has 3 heterocycles. The fourth-order valence-electron chi connectivity index (χ4n) is 4.43. The molecule has 0 spiro atoms. The van der Waals surface area contributed by atoms with Crippen molar-refractivity contribution in [1.82, 2.24) is 9.88 Å². The molecule has 4 rings (SSSR count). The van der Waals surface area contributed by atoms with Crippen molar-refractivity contribution in [3.63, 3.8) is 0 Å². The zero-order chi connectivity index (χ0) is 17.6. The van der Waals surface area contributed by atoms with Crippen LogP contribution in [-0.2, 0) is 12.8 Å². The summed E-state index contributed by atoms with van der Waals surface area (Å²) in [6.45, 7) is 4.30. The molecule has 2 atom stereocenters. The highest BCUT2D eigenvalue weighted by molar-refractivity contribution is 7.21. The number of aromatic nitrogens is 1. The van der Waals surface area contributed by atoms with Crippen LogP contribution >= 0.6 is 11.3 Å². The maximum absolute atomic E-state index is 13.2. The van der Waals surface area contributed by atoms with Gasteiger partial charge >= 0.3 is 0 Å². The Hall–Kier alpha value is -1.62. The Bertz CT molecular complexity index is 803. The number of carbonyl (C=O) groups is 1. The lowest BCUT2D eigenvalue weighted by molar-refractivity contribution is 0.0517. The van der Waals surface area contributed by atoms with Gasteiger partial charge in [-0.15, -0.1) is 11.3 Å². The Labute approximate surface area is 153 Å². The van der Waals surface area contributed by atoms with E-state index in [9.17, 15) is 4.79 Å². The molecule has 0 radical (unpaired) electrons. The van der Waals surface area contributed by atoms with Crippen LogP contribution in [0.4, 0.5) is 5.69 Å². The van der Waals surface area contributed by atoms with Gasteiger partial charge in [-0.2, -0.15) is 0 Å². The van der Waals surface area contributed by atoms with Crippen LogP contribution in [0.2, 0.25) is 0 Å². The SMILES string of the molecule is C[C@@H]1CCC[C@@H](C)N1C(=O)c1sc2nc3c(cc2c1N)CCCCC3. The number of carbonyl (C=O) groups excluding carboxylic acids is 1. The largest absolute Gasteiger partial charge is 0.397 e. The molecule has 0 bridgehead atoms. The highest BCUT2D eigenvalue weighted by atomic mass is 32.1. The van der Waals surface area contributed by atoms with Gasteiger partial charge in [-0.05, 0) is 70.4 Å². The number of thiophene rings is 1. The lowest BCUT2D eigenvalue weighted by Crippen LogP contribution is -2.47. The van der Waals surface area contributed by atoms with Crippen molar-refractivity contribution in [2.75, 3.05) is 5.73 Å². The van der Waals surface area contributed by atoms with Crippen molar-refractivity contribution >= 4 is 33.1 Å². The smallest absolute Gasteiger partial charge is 0.266 e. The molecule has 1 saturated heterocycles. The van der Waals surface area contributed by atoms with E-state index >= 15 is 0 Å². The summed E-state index contributed by atoms with van der Waals surface area (Å²) < 4.78 is 0. The second-order valence-electron chi connectivity index (χ2n) is 7.69. The fourth-order valence-corrected chi connectivity index (χ4v) is 5.47. The molecule has 1 fully saturated rings. The summed E-state index contributed by atoms with van der Waals surface area (Å²) in [4.78, 5) is 21.8. The van der Waals surface area contributed by atoms with Crippen molar-refractivity contribution in [3.8, 4) is 0 Å². The quantitative estimate of drug-likeness (QED) is 0.762. The molecular formula is C20H27N3OS. The third-order valence-electron chi connectivity index (χ3n) is 5.87. The molecule has 0 saturated carbocycles. The van der Waals surface area contributed by atoms with E-state index in [2.05, 4.69) is 19.9 Å². The molecule has 2 aromatic rings. The number of rotatable bonds is 1. The number of hydrogen-bond donors (Lipinski definition) is 1. The molecular weight excluding hydrogens is 330 g/mol. The first-order valence-electron chi connectivity index (χ1n) is 9.59. The third kappa shape index (κ3) is 2.92. The van der Waals surface area contributed by atoms with Crippen molar-refractivity contribution in [2.24, 2.45) is 0 Å². The van der Waals surface area contributed by atoms with E-state index < -0.39 is 0 Å². The lowest BCUT2D eigenvalue weighted by atomic mass is 9.97. The molecule has 4 nitrogen and oxygen atoms in total. The van der Waals surface area contributed by atoms with Crippen molar-refractivity contribution in [1.29, 1.82) is 0 Å². The molecule has 1 amide bonds. The van der Waals surface area contributed by atoms with Gasteiger partial charge in [0.25, 0.3) is 5.91 Å². The average molecular weight is 358 g/mol. The number of amides is 1. The zero-order valence-corrected chi connectivity index (χ0v) is 16.0. The number of likely N-dealkylation sites (tertiary alicyclic amines) is 1. The second-order valence-corrected chi connectivity index (χ2v) is 8.69. The molecule has 1 aliphatic heterocycles. The van der Waals surface area contributed by atoms with Gasteiger partial charge in [-0.1, -0.05) is 6.42 Å². The molecule has 1 aliphatic carbocycles. The number of pyridine rings is 1. The van der Waals surface area contributed by atoms with E-state index in [0.29, 0.717) is 10.6 Å². The molecule has 2 N–H and O–H groups in total. The van der Waals surface area contributed by atoms with E-state index in [0.717, 1.165) is 35.9 Å². The van der Waals surface area contributed by atoms with Crippen LogP contribution in [0.15, 0.2) is 6.07 Å². The first kappa shape index (κ1) is 16.8. The first-order chi connectivity index (χ1) is 12.1. The minimum atomic E-state index is 0.0930. The van der Waals surface area contributed by atoms with Gasteiger partial charge in [0.2, 0.25) is 0 Å². The number of nitrogens with two attached hydrogens (primary N) is 1. The van der Waals surface area contributed by atoms with Crippen molar-refractivity contribution in [2.45, 2.75) is 77.3 Å². The summed E-state index contributed by atoms with van der Waals surface area (Å²) in [5.74, 6) is 0.0930. The summed E-state index contributed by atoms with van der Waals surface area (Å²) in [5, 5.41) is 0.978. The van der Waals surface area contributed by atoms with E-state index in [-0.39, 0.29) is 18.0 Å². The normalized spacial score (nSPS) is 24.2. The topological polar surface area (TPSA) is 59.2 Å². The number of anilines is 1. The molecule has 0 aromatic carbocycles. The zero-order valence-electron chi connectivity index (χ0n) is 15.2. The highest BCUT2D eigenvalue weighted by Gasteiger charge is 2.32.